The molecule has 2 N–H and O–H groups in total. The van der Waals surface area contributed by atoms with Gasteiger partial charge in [0.1, 0.15) is 11.3 Å². The normalized spacial score (nSPS) is 10.5. The van der Waals surface area contributed by atoms with Crippen molar-refractivity contribution in [3.8, 4) is 0 Å². The van der Waals surface area contributed by atoms with Crippen LogP contribution in [0.1, 0.15) is 45.3 Å². The van der Waals surface area contributed by atoms with Crippen molar-refractivity contribution in [2.75, 3.05) is 0 Å². The lowest BCUT2D eigenvalue weighted by Crippen LogP contribution is -2.22. The van der Waals surface area contributed by atoms with E-state index in [0.717, 1.165) is 0 Å². The van der Waals surface area contributed by atoms with Crippen molar-refractivity contribution in [2.24, 2.45) is 0 Å². The number of rotatable bonds is 5. The third-order valence-corrected chi connectivity index (χ3v) is 2.56. The standard InChI is InChI=1S/C12H13N3O5/c1-3-8-7(12(17)18)4-9(19-8)11(16)13-5-10-14-6(2)20-15-10/h4H,3,5H2,1-2H3,(H,13,16)(H,17,18). The number of hydrogen-bond acceptors (Lipinski definition) is 6. The summed E-state index contributed by atoms with van der Waals surface area (Å²) in [6, 6.07) is 1.21. The van der Waals surface area contributed by atoms with Crippen molar-refractivity contribution < 1.29 is 23.6 Å². The van der Waals surface area contributed by atoms with Crippen molar-refractivity contribution in [2.45, 2.75) is 26.8 Å². The predicted molar refractivity (Wildman–Crippen MR) is 65.3 cm³/mol. The number of nitrogens with one attached hydrogen (secondary N) is 1. The Morgan fingerprint density at radius 3 is 2.70 bits per heavy atom. The van der Waals surface area contributed by atoms with E-state index in [1.54, 1.807) is 13.8 Å². The van der Waals surface area contributed by atoms with E-state index in [9.17, 15) is 9.59 Å². The summed E-state index contributed by atoms with van der Waals surface area (Å²) in [6.45, 7) is 3.45. The average Bonchev–Trinajstić information content (AvgIpc) is 3.01. The molecular formula is C12H13N3O5. The largest absolute Gasteiger partial charge is 0.478 e. The molecule has 8 nitrogen and oxygen atoms in total. The second-order valence-corrected chi connectivity index (χ2v) is 4.02. The molecule has 0 saturated carbocycles. The van der Waals surface area contributed by atoms with Gasteiger partial charge in [-0.3, -0.25) is 4.79 Å². The van der Waals surface area contributed by atoms with Gasteiger partial charge in [0.05, 0.1) is 6.54 Å². The van der Waals surface area contributed by atoms with Gasteiger partial charge >= 0.3 is 5.97 Å². The number of carboxylic acid groups (broad SMARTS) is 1. The van der Waals surface area contributed by atoms with Gasteiger partial charge < -0.3 is 19.4 Å². The molecule has 2 heterocycles. The monoisotopic (exact) mass is 279 g/mol. The molecule has 0 aliphatic carbocycles. The molecule has 0 unspecified atom stereocenters. The molecule has 20 heavy (non-hydrogen) atoms. The van der Waals surface area contributed by atoms with Crippen LogP contribution in [0.15, 0.2) is 15.0 Å². The number of aromatic carboxylic acids is 1. The molecule has 2 aromatic rings. The molecule has 1 amide bonds. The summed E-state index contributed by atoms with van der Waals surface area (Å²) >= 11 is 0. The van der Waals surface area contributed by atoms with Crippen molar-refractivity contribution in [3.63, 3.8) is 0 Å². The molecule has 0 aliphatic rings. The fraction of sp³-hybridized carbons (Fsp3) is 0.333. The van der Waals surface area contributed by atoms with E-state index >= 15 is 0 Å². The minimum Gasteiger partial charge on any atom is -0.478 e. The summed E-state index contributed by atoms with van der Waals surface area (Å²) in [5.74, 6) is -0.726. The first kappa shape index (κ1) is 13.8. The van der Waals surface area contributed by atoms with Gasteiger partial charge in [-0.25, -0.2) is 4.79 Å². The van der Waals surface area contributed by atoms with Crippen LogP contribution >= 0.6 is 0 Å². The number of nitrogens with zero attached hydrogens (tertiary/aromatic N) is 2. The molecular weight excluding hydrogens is 266 g/mol. The number of carbonyl (C=O) groups is 2. The van der Waals surface area contributed by atoms with Crippen LogP contribution < -0.4 is 5.32 Å². The van der Waals surface area contributed by atoms with E-state index < -0.39 is 11.9 Å². The Morgan fingerprint density at radius 1 is 1.45 bits per heavy atom. The Hall–Kier alpha value is -2.64. The highest BCUT2D eigenvalue weighted by atomic mass is 16.5. The van der Waals surface area contributed by atoms with E-state index in [-0.39, 0.29) is 23.6 Å². The highest BCUT2D eigenvalue weighted by molar-refractivity contribution is 5.96. The van der Waals surface area contributed by atoms with Gasteiger partial charge in [-0.1, -0.05) is 12.1 Å². The SMILES string of the molecule is CCc1oc(C(=O)NCc2noc(C)n2)cc1C(=O)O. The molecule has 0 atom stereocenters. The number of carbonyl (C=O) groups excluding carboxylic acids is 1. The van der Waals surface area contributed by atoms with Crippen molar-refractivity contribution in [1.29, 1.82) is 0 Å². The summed E-state index contributed by atoms with van der Waals surface area (Å²) in [7, 11) is 0. The molecule has 0 aromatic carbocycles. The van der Waals surface area contributed by atoms with Gasteiger partial charge in [0.2, 0.25) is 5.89 Å². The molecule has 0 aliphatic heterocycles. The Bertz CT molecular complexity index is 643. The smallest absolute Gasteiger partial charge is 0.339 e. The van der Waals surface area contributed by atoms with Gasteiger partial charge in [-0.15, -0.1) is 0 Å². The van der Waals surface area contributed by atoms with Gasteiger partial charge in [0, 0.05) is 19.4 Å². The Kier molecular flexibility index (Phi) is 3.83. The summed E-state index contributed by atoms with van der Waals surface area (Å²) in [5.41, 5.74) is -0.00643. The molecule has 0 radical (unpaired) electrons. The van der Waals surface area contributed by atoms with Gasteiger partial charge in [-0.2, -0.15) is 4.98 Å². The van der Waals surface area contributed by atoms with Gasteiger partial charge in [-0.05, 0) is 0 Å². The van der Waals surface area contributed by atoms with E-state index in [2.05, 4.69) is 15.5 Å². The number of furan rings is 1. The zero-order valence-electron chi connectivity index (χ0n) is 11.0. The molecule has 0 spiro atoms. The van der Waals surface area contributed by atoms with E-state index in [1.165, 1.54) is 6.07 Å². The Labute approximate surface area is 113 Å². The number of amides is 1. The van der Waals surface area contributed by atoms with Crippen LogP contribution in [0.2, 0.25) is 0 Å². The second-order valence-electron chi connectivity index (χ2n) is 4.02. The lowest BCUT2D eigenvalue weighted by atomic mass is 10.2. The third-order valence-electron chi connectivity index (χ3n) is 2.56. The number of hydrogen-bond donors (Lipinski definition) is 2. The molecule has 0 bridgehead atoms. The van der Waals surface area contributed by atoms with Gasteiger partial charge in [0.25, 0.3) is 5.91 Å². The van der Waals surface area contributed by atoms with Crippen LogP contribution in [0, 0.1) is 6.92 Å². The second kappa shape index (κ2) is 5.55. The maximum absolute atomic E-state index is 11.8. The first-order chi connectivity index (χ1) is 9.51. The number of carboxylic acids is 1. The van der Waals surface area contributed by atoms with Crippen molar-refractivity contribution in [1.82, 2.24) is 15.5 Å². The topological polar surface area (TPSA) is 118 Å². The minimum atomic E-state index is -1.13. The third kappa shape index (κ3) is 2.85. The van der Waals surface area contributed by atoms with Crippen LogP contribution in [0.3, 0.4) is 0 Å². The molecule has 2 aromatic heterocycles. The van der Waals surface area contributed by atoms with E-state index in [4.69, 9.17) is 14.0 Å². The lowest BCUT2D eigenvalue weighted by molar-refractivity contribution is 0.0694. The average molecular weight is 279 g/mol. The molecule has 106 valence electrons. The number of aromatic nitrogens is 2. The van der Waals surface area contributed by atoms with Crippen LogP contribution in [-0.2, 0) is 13.0 Å². The van der Waals surface area contributed by atoms with Crippen molar-refractivity contribution >= 4 is 11.9 Å². The first-order valence-corrected chi connectivity index (χ1v) is 5.94. The van der Waals surface area contributed by atoms with Crippen LogP contribution in [0.5, 0.6) is 0 Å². The van der Waals surface area contributed by atoms with Crippen LogP contribution in [0.4, 0.5) is 0 Å². The zero-order chi connectivity index (χ0) is 14.7. The molecule has 0 fully saturated rings. The highest BCUT2D eigenvalue weighted by Gasteiger charge is 2.20. The molecule has 0 saturated heterocycles. The van der Waals surface area contributed by atoms with Crippen molar-refractivity contribution in [3.05, 3.63) is 34.9 Å². The summed E-state index contributed by atoms with van der Waals surface area (Å²) in [5, 5.41) is 15.1. The van der Waals surface area contributed by atoms with Gasteiger partial charge in [0.15, 0.2) is 11.6 Å². The van der Waals surface area contributed by atoms with E-state index in [1.807, 2.05) is 0 Å². The Balaban J connectivity index is 2.07. The number of aryl methyl sites for hydroxylation is 2. The Morgan fingerprint density at radius 2 is 2.20 bits per heavy atom. The fourth-order valence-corrected chi connectivity index (χ4v) is 1.64. The predicted octanol–water partition coefficient (Wildman–Crippen LogP) is 1.16. The van der Waals surface area contributed by atoms with Crippen LogP contribution in [0.25, 0.3) is 0 Å². The zero-order valence-corrected chi connectivity index (χ0v) is 11.0. The maximum atomic E-state index is 11.8. The lowest BCUT2D eigenvalue weighted by Gasteiger charge is -1.98. The van der Waals surface area contributed by atoms with Crippen LogP contribution in [-0.4, -0.2) is 27.1 Å². The minimum absolute atomic E-state index is 0.00643. The molecule has 2 rings (SSSR count). The first-order valence-electron chi connectivity index (χ1n) is 5.94. The maximum Gasteiger partial charge on any atom is 0.339 e. The summed E-state index contributed by atoms with van der Waals surface area (Å²) < 4.78 is 9.98. The quantitative estimate of drug-likeness (QED) is 0.842. The fourth-order valence-electron chi connectivity index (χ4n) is 1.64. The summed E-state index contributed by atoms with van der Waals surface area (Å²) in [4.78, 5) is 26.7. The highest BCUT2D eigenvalue weighted by Crippen LogP contribution is 2.16. The van der Waals surface area contributed by atoms with E-state index in [0.29, 0.717) is 18.1 Å². The molecule has 8 heteroatoms. The summed E-state index contributed by atoms with van der Waals surface area (Å²) in [6.07, 6.45) is 0.388.